The molecule has 9 heteroatoms. The Kier molecular flexibility index (Phi) is 21.0. The van der Waals surface area contributed by atoms with Crippen LogP contribution in [0.15, 0.2) is 0 Å². The van der Waals surface area contributed by atoms with Gasteiger partial charge in [0.1, 0.15) is 0 Å². The normalized spacial score (nSPS) is 13.5. The Bertz CT molecular complexity index is 361. The monoisotopic (exact) mass is 433 g/mol. The molecular formula is C19H38F3NO4S. The molecule has 0 fully saturated rings. The first kappa shape index (κ1) is 29.7. The van der Waals surface area contributed by atoms with E-state index in [0.29, 0.717) is 5.75 Å². The molecule has 0 saturated carbocycles. The van der Waals surface area contributed by atoms with Crippen molar-refractivity contribution in [3.05, 3.63) is 0 Å². The number of carboxylic acid groups (broad SMARTS) is 1. The number of nitrogens with two attached hydrogens (primary N) is 1. The Balaban J connectivity index is 0. The van der Waals surface area contributed by atoms with E-state index in [-0.39, 0.29) is 6.61 Å². The second-order valence-corrected chi connectivity index (χ2v) is 7.98. The van der Waals surface area contributed by atoms with Crippen molar-refractivity contribution in [3.8, 4) is 0 Å². The van der Waals surface area contributed by atoms with Gasteiger partial charge in [0.15, 0.2) is 0 Å². The van der Waals surface area contributed by atoms with Crippen LogP contribution >= 0.6 is 11.8 Å². The largest absolute Gasteiger partial charge is 0.490 e. The Labute approximate surface area is 171 Å². The number of aliphatic hydroxyl groups is 2. The van der Waals surface area contributed by atoms with E-state index in [4.69, 9.17) is 20.7 Å². The van der Waals surface area contributed by atoms with Crippen LogP contribution in [0.4, 0.5) is 13.2 Å². The zero-order chi connectivity index (χ0) is 21.8. The second-order valence-electron chi connectivity index (χ2n) is 6.83. The fraction of sp³-hybridized carbons (Fsp3) is 0.947. The van der Waals surface area contributed by atoms with Gasteiger partial charge in [0.05, 0.1) is 18.8 Å². The van der Waals surface area contributed by atoms with Crippen molar-refractivity contribution in [2.75, 3.05) is 18.1 Å². The van der Waals surface area contributed by atoms with Gasteiger partial charge in [-0.3, -0.25) is 0 Å². The summed E-state index contributed by atoms with van der Waals surface area (Å²) >= 11 is 1.74. The standard InChI is InChI=1S/C17H37NO2S.C2HF3O2/c1-2-3-4-5-6-7-8-9-10-11-12-13-21-15-17(20)16(18)14-19;3-2(4,5)1(6)7/h16-17,19-20H,2-15,18H2,1H3;(H,6,7)/t16-,17+;/m0./s1. The zero-order valence-electron chi connectivity index (χ0n) is 16.9. The number of hydrogen-bond donors (Lipinski definition) is 4. The first-order chi connectivity index (χ1) is 13.2. The van der Waals surface area contributed by atoms with Crippen LogP contribution < -0.4 is 5.73 Å². The topological polar surface area (TPSA) is 104 Å². The average Bonchev–Trinajstić information content (AvgIpc) is 2.64. The van der Waals surface area contributed by atoms with Crippen LogP contribution in [0.2, 0.25) is 0 Å². The van der Waals surface area contributed by atoms with Crippen molar-refractivity contribution >= 4 is 17.7 Å². The lowest BCUT2D eigenvalue weighted by Gasteiger charge is -2.15. The smallest absolute Gasteiger partial charge is 0.475 e. The summed E-state index contributed by atoms with van der Waals surface area (Å²) in [7, 11) is 0. The highest BCUT2D eigenvalue weighted by Gasteiger charge is 2.38. The molecule has 28 heavy (non-hydrogen) atoms. The highest BCUT2D eigenvalue weighted by molar-refractivity contribution is 7.99. The van der Waals surface area contributed by atoms with Crippen molar-refractivity contribution in [1.29, 1.82) is 0 Å². The maximum absolute atomic E-state index is 10.6. The predicted octanol–water partition coefficient (Wildman–Crippen LogP) is 4.34. The zero-order valence-corrected chi connectivity index (χ0v) is 17.7. The molecule has 0 aliphatic carbocycles. The Hall–Kier alpha value is -0.510. The summed E-state index contributed by atoms with van der Waals surface area (Å²) in [5, 5.41) is 25.5. The lowest BCUT2D eigenvalue weighted by atomic mass is 10.1. The summed E-state index contributed by atoms with van der Waals surface area (Å²) in [5.74, 6) is -1.03. The fourth-order valence-corrected chi connectivity index (χ4v) is 3.38. The molecule has 0 bridgehead atoms. The van der Waals surface area contributed by atoms with Crippen LogP contribution in [-0.2, 0) is 4.79 Å². The van der Waals surface area contributed by atoms with Gasteiger partial charge in [-0.25, -0.2) is 4.79 Å². The molecule has 5 N–H and O–H groups in total. The molecule has 0 spiro atoms. The van der Waals surface area contributed by atoms with Gasteiger partial charge >= 0.3 is 12.1 Å². The minimum atomic E-state index is -5.08. The molecule has 0 radical (unpaired) electrons. The molecule has 0 aromatic rings. The molecule has 5 nitrogen and oxygen atoms in total. The molecule has 0 aliphatic rings. The van der Waals surface area contributed by atoms with Crippen molar-refractivity contribution in [2.24, 2.45) is 5.73 Å². The minimum absolute atomic E-state index is 0.139. The number of carboxylic acids is 1. The summed E-state index contributed by atoms with van der Waals surface area (Å²) in [6.45, 7) is 2.13. The fourth-order valence-electron chi connectivity index (χ4n) is 2.32. The van der Waals surface area contributed by atoms with Gasteiger partial charge < -0.3 is 21.1 Å². The third-order valence-electron chi connectivity index (χ3n) is 4.13. The molecular weight excluding hydrogens is 395 g/mol. The summed E-state index contributed by atoms with van der Waals surface area (Å²) < 4.78 is 31.7. The van der Waals surface area contributed by atoms with Crippen LogP contribution in [0.1, 0.15) is 77.6 Å². The van der Waals surface area contributed by atoms with E-state index in [9.17, 15) is 18.3 Å². The van der Waals surface area contributed by atoms with Crippen LogP contribution in [0.5, 0.6) is 0 Å². The quantitative estimate of drug-likeness (QED) is 0.270. The highest BCUT2D eigenvalue weighted by atomic mass is 32.2. The molecule has 0 amide bonds. The Morgan fingerprint density at radius 2 is 1.36 bits per heavy atom. The average molecular weight is 434 g/mol. The van der Waals surface area contributed by atoms with E-state index < -0.39 is 24.3 Å². The molecule has 0 aromatic carbocycles. The summed E-state index contributed by atoms with van der Waals surface area (Å²) in [6.07, 6.45) is 9.36. The van der Waals surface area contributed by atoms with E-state index in [1.54, 1.807) is 11.8 Å². The van der Waals surface area contributed by atoms with Crippen molar-refractivity contribution in [2.45, 2.75) is 95.9 Å². The van der Waals surface area contributed by atoms with Gasteiger partial charge in [0, 0.05) is 5.75 Å². The molecule has 0 aliphatic heterocycles. The van der Waals surface area contributed by atoms with Gasteiger partial charge in [-0.2, -0.15) is 24.9 Å². The van der Waals surface area contributed by atoms with Crippen molar-refractivity contribution < 1.29 is 33.3 Å². The van der Waals surface area contributed by atoms with Gasteiger partial charge in [-0.15, -0.1) is 0 Å². The Morgan fingerprint density at radius 1 is 0.964 bits per heavy atom. The molecule has 0 aromatic heterocycles. The summed E-state index contributed by atoms with van der Waals surface area (Å²) in [6, 6.07) is -0.491. The third kappa shape index (κ3) is 21.8. The van der Waals surface area contributed by atoms with Gasteiger partial charge in [-0.1, -0.05) is 71.1 Å². The van der Waals surface area contributed by atoms with E-state index in [1.807, 2.05) is 0 Å². The van der Waals surface area contributed by atoms with Gasteiger partial charge in [0.25, 0.3) is 0 Å². The lowest BCUT2D eigenvalue weighted by molar-refractivity contribution is -0.192. The van der Waals surface area contributed by atoms with Crippen LogP contribution in [-0.4, -0.2) is 57.7 Å². The summed E-state index contributed by atoms with van der Waals surface area (Å²) in [4.78, 5) is 8.90. The number of hydrogen-bond acceptors (Lipinski definition) is 5. The molecule has 0 rings (SSSR count). The van der Waals surface area contributed by atoms with E-state index in [2.05, 4.69) is 6.92 Å². The number of aliphatic carboxylic acids is 1. The minimum Gasteiger partial charge on any atom is -0.475 e. The number of thioether (sulfide) groups is 1. The first-order valence-electron chi connectivity index (χ1n) is 10.1. The van der Waals surface area contributed by atoms with Crippen molar-refractivity contribution in [1.82, 2.24) is 0 Å². The van der Waals surface area contributed by atoms with Crippen LogP contribution in [0.3, 0.4) is 0 Å². The first-order valence-corrected chi connectivity index (χ1v) is 11.2. The maximum atomic E-state index is 10.6. The number of aliphatic hydroxyl groups excluding tert-OH is 2. The van der Waals surface area contributed by atoms with E-state index in [0.717, 1.165) is 5.75 Å². The predicted molar refractivity (Wildman–Crippen MR) is 109 cm³/mol. The van der Waals surface area contributed by atoms with Gasteiger partial charge in [-0.05, 0) is 12.2 Å². The molecule has 0 saturated heterocycles. The maximum Gasteiger partial charge on any atom is 0.490 e. The lowest BCUT2D eigenvalue weighted by Crippen LogP contribution is -2.39. The second kappa shape index (κ2) is 19.8. The molecule has 0 heterocycles. The van der Waals surface area contributed by atoms with Crippen LogP contribution in [0, 0.1) is 0 Å². The number of unbranched alkanes of at least 4 members (excludes halogenated alkanes) is 10. The number of rotatable bonds is 16. The van der Waals surface area contributed by atoms with Crippen LogP contribution in [0.25, 0.3) is 0 Å². The van der Waals surface area contributed by atoms with Crippen molar-refractivity contribution in [3.63, 3.8) is 0 Å². The number of halogens is 3. The van der Waals surface area contributed by atoms with Gasteiger partial charge in [0.2, 0.25) is 0 Å². The molecule has 2 atom stereocenters. The third-order valence-corrected chi connectivity index (χ3v) is 5.28. The molecule has 170 valence electrons. The highest BCUT2D eigenvalue weighted by Crippen LogP contribution is 2.14. The van der Waals surface area contributed by atoms with E-state index in [1.165, 1.54) is 70.6 Å². The SMILES string of the molecule is CCCCCCCCCCCCCSC[C@@H](O)[C@@H](N)CO.O=C(O)C(F)(F)F. The molecule has 0 unspecified atom stereocenters. The summed E-state index contributed by atoms with van der Waals surface area (Å²) in [5.41, 5.74) is 5.55. The van der Waals surface area contributed by atoms with E-state index >= 15 is 0 Å². The number of carbonyl (C=O) groups is 1. The Morgan fingerprint density at radius 3 is 1.71 bits per heavy atom. The number of alkyl halides is 3.